The minimum Gasteiger partial charge on any atom is -0.449 e. The van der Waals surface area contributed by atoms with Gasteiger partial charge in [0, 0.05) is 23.4 Å². The Bertz CT molecular complexity index is 601. The molecule has 1 aromatic heterocycles. The van der Waals surface area contributed by atoms with E-state index in [1.807, 2.05) is 0 Å². The second kappa shape index (κ2) is 8.82. The molecule has 6 heteroatoms. The molecule has 0 spiro atoms. The lowest BCUT2D eigenvalue weighted by molar-refractivity contribution is -0.129. The van der Waals surface area contributed by atoms with Crippen molar-refractivity contribution in [2.45, 2.75) is 45.1 Å². The highest BCUT2D eigenvalue weighted by Gasteiger charge is 2.19. The standard InChI is InChI=1S/C17H21BrN2O3/c1-12(23-17(22)14-9-15(18)11-19-10-14)16(21)20-8-7-13-5-3-2-4-6-13/h5,9-12H,2-4,6-8H2,1H3,(H,20,21). The number of ether oxygens (including phenoxy) is 1. The van der Waals surface area contributed by atoms with Crippen LogP contribution >= 0.6 is 15.9 Å². The number of amides is 1. The molecule has 0 radical (unpaired) electrons. The number of esters is 1. The van der Waals surface area contributed by atoms with Crippen molar-refractivity contribution in [1.29, 1.82) is 0 Å². The number of rotatable bonds is 6. The summed E-state index contributed by atoms with van der Waals surface area (Å²) in [6.07, 6.45) is 10.0. The Morgan fingerprint density at radius 3 is 2.91 bits per heavy atom. The number of allylic oxidation sites excluding steroid dienone is 1. The maximum absolute atomic E-state index is 12.0. The normalized spacial score (nSPS) is 15.5. The van der Waals surface area contributed by atoms with E-state index in [-0.39, 0.29) is 5.91 Å². The van der Waals surface area contributed by atoms with E-state index in [0.29, 0.717) is 16.6 Å². The number of halogens is 1. The van der Waals surface area contributed by atoms with Gasteiger partial charge in [-0.05, 0) is 61.0 Å². The van der Waals surface area contributed by atoms with E-state index in [9.17, 15) is 9.59 Å². The molecular weight excluding hydrogens is 360 g/mol. The molecule has 1 heterocycles. The van der Waals surface area contributed by atoms with Crippen LogP contribution in [0.2, 0.25) is 0 Å². The summed E-state index contributed by atoms with van der Waals surface area (Å²) in [5, 5.41) is 2.82. The highest BCUT2D eigenvalue weighted by Crippen LogP contribution is 2.19. The van der Waals surface area contributed by atoms with Crippen molar-refractivity contribution in [2.75, 3.05) is 6.54 Å². The molecule has 0 saturated heterocycles. The zero-order chi connectivity index (χ0) is 16.7. The van der Waals surface area contributed by atoms with Crippen LogP contribution in [0.1, 0.15) is 49.4 Å². The van der Waals surface area contributed by atoms with E-state index in [1.165, 1.54) is 24.6 Å². The first-order chi connectivity index (χ1) is 11.1. The summed E-state index contributed by atoms with van der Waals surface area (Å²) in [6.45, 7) is 2.14. The van der Waals surface area contributed by atoms with Crippen molar-refractivity contribution in [3.63, 3.8) is 0 Å². The molecule has 5 nitrogen and oxygen atoms in total. The highest BCUT2D eigenvalue weighted by molar-refractivity contribution is 9.10. The van der Waals surface area contributed by atoms with E-state index in [4.69, 9.17) is 4.74 Å². The molecule has 1 aliphatic rings. The summed E-state index contributed by atoms with van der Waals surface area (Å²) < 4.78 is 5.85. The summed E-state index contributed by atoms with van der Waals surface area (Å²) in [4.78, 5) is 27.9. The van der Waals surface area contributed by atoms with Gasteiger partial charge in [0.2, 0.25) is 0 Å². The Morgan fingerprint density at radius 1 is 1.39 bits per heavy atom. The van der Waals surface area contributed by atoms with Gasteiger partial charge in [-0.1, -0.05) is 11.6 Å². The van der Waals surface area contributed by atoms with E-state index >= 15 is 0 Å². The Labute approximate surface area is 144 Å². The summed E-state index contributed by atoms with van der Waals surface area (Å²) in [5.74, 6) is -0.839. The van der Waals surface area contributed by atoms with Gasteiger partial charge < -0.3 is 10.1 Å². The molecule has 2 rings (SSSR count). The fourth-order valence-corrected chi connectivity index (χ4v) is 2.79. The van der Waals surface area contributed by atoms with Crippen LogP contribution in [0.3, 0.4) is 0 Å². The van der Waals surface area contributed by atoms with Gasteiger partial charge in [0.15, 0.2) is 6.10 Å². The molecule has 0 saturated carbocycles. The molecule has 1 unspecified atom stereocenters. The fourth-order valence-electron chi connectivity index (χ4n) is 2.43. The lowest BCUT2D eigenvalue weighted by Gasteiger charge is -2.15. The maximum Gasteiger partial charge on any atom is 0.340 e. The van der Waals surface area contributed by atoms with Crippen LogP contribution in [0.4, 0.5) is 0 Å². The van der Waals surface area contributed by atoms with Gasteiger partial charge in [-0.25, -0.2) is 4.79 Å². The number of carbonyl (C=O) groups is 2. The van der Waals surface area contributed by atoms with Crippen LogP contribution in [-0.2, 0) is 9.53 Å². The third-order valence-corrected chi connectivity index (χ3v) is 4.16. The van der Waals surface area contributed by atoms with Gasteiger partial charge in [0.1, 0.15) is 0 Å². The fraction of sp³-hybridized carbons (Fsp3) is 0.471. The zero-order valence-electron chi connectivity index (χ0n) is 13.2. The predicted octanol–water partition coefficient (Wildman–Crippen LogP) is 3.40. The average Bonchev–Trinajstić information content (AvgIpc) is 2.55. The van der Waals surface area contributed by atoms with Gasteiger partial charge >= 0.3 is 5.97 Å². The molecular formula is C17H21BrN2O3. The smallest absolute Gasteiger partial charge is 0.340 e. The maximum atomic E-state index is 12.0. The van der Waals surface area contributed by atoms with Gasteiger partial charge in [0.25, 0.3) is 5.91 Å². The number of nitrogens with zero attached hydrogens (tertiary/aromatic N) is 1. The highest BCUT2D eigenvalue weighted by atomic mass is 79.9. The first kappa shape index (κ1) is 17.7. The summed E-state index contributed by atoms with van der Waals surface area (Å²) >= 11 is 3.24. The molecule has 1 atom stereocenters. The van der Waals surface area contributed by atoms with Crippen LogP contribution in [0.25, 0.3) is 0 Å². The Hall–Kier alpha value is -1.69. The number of nitrogens with one attached hydrogen (secondary N) is 1. The van der Waals surface area contributed by atoms with Crippen molar-refractivity contribution >= 4 is 27.8 Å². The Balaban J connectivity index is 1.76. The molecule has 1 aromatic rings. The number of hydrogen-bond donors (Lipinski definition) is 1. The topological polar surface area (TPSA) is 68.3 Å². The van der Waals surface area contributed by atoms with Gasteiger partial charge in [0.05, 0.1) is 5.56 Å². The molecule has 1 aliphatic carbocycles. The quantitative estimate of drug-likeness (QED) is 0.606. The van der Waals surface area contributed by atoms with E-state index in [2.05, 4.69) is 32.3 Å². The zero-order valence-corrected chi connectivity index (χ0v) is 14.8. The molecule has 0 aromatic carbocycles. The van der Waals surface area contributed by atoms with Gasteiger partial charge in [-0.3, -0.25) is 9.78 Å². The number of pyridine rings is 1. The third-order valence-electron chi connectivity index (χ3n) is 3.72. The van der Waals surface area contributed by atoms with Crippen LogP contribution < -0.4 is 5.32 Å². The molecule has 124 valence electrons. The van der Waals surface area contributed by atoms with Crippen molar-refractivity contribution < 1.29 is 14.3 Å². The first-order valence-electron chi connectivity index (χ1n) is 7.83. The van der Waals surface area contributed by atoms with Crippen LogP contribution in [0.5, 0.6) is 0 Å². The molecule has 1 amide bonds. The van der Waals surface area contributed by atoms with E-state index in [1.54, 1.807) is 19.2 Å². The molecule has 23 heavy (non-hydrogen) atoms. The van der Waals surface area contributed by atoms with Crippen LogP contribution in [0, 0.1) is 0 Å². The Kier molecular flexibility index (Phi) is 6.77. The molecule has 0 fully saturated rings. The van der Waals surface area contributed by atoms with Crippen LogP contribution in [-0.4, -0.2) is 29.5 Å². The number of hydrogen-bond acceptors (Lipinski definition) is 4. The van der Waals surface area contributed by atoms with Crippen molar-refractivity contribution in [1.82, 2.24) is 10.3 Å². The lowest BCUT2D eigenvalue weighted by Crippen LogP contribution is -2.36. The monoisotopic (exact) mass is 380 g/mol. The van der Waals surface area contributed by atoms with Crippen molar-refractivity contribution in [3.05, 3.63) is 40.1 Å². The summed E-state index contributed by atoms with van der Waals surface area (Å²) in [7, 11) is 0. The average molecular weight is 381 g/mol. The molecule has 0 bridgehead atoms. The molecule has 1 N–H and O–H groups in total. The van der Waals surface area contributed by atoms with Gasteiger partial charge in [-0.2, -0.15) is 0 Å². The first-order valence-corrected chi connectivity index (χ1v) is 8.62. The predicted molar refractivity (Wildman–Crippen MR) is 91.0 cm³/mol. The third kappa shape index (κ3) is 5.78. The lowest BCUT2D eigenvalue weighted by atomic mass is 9.97. The van der Waals surface area contributed by atoms with E-state index in [0.717, 1.165) is 19.3 Å². The van der Waals surface area contributed by atoms with Crippen molar-refractivity contribution in [3.8, 4) is 0 Å². The summed E-state index contributed by atoms with van der Waals surface area (Å²) in [5.41, 5.74) is 1.72. The van der Waals surface area contributed by atoms with Crippen molar-refractivity contribution in [2.24, 2.45) is 0 Å². The second-order valence-electron chi connectivity index (χ2n) is 5.59. The SMILES string of the molecule is CC(OC(=O)c1cncc(Br)c1)C(=O)NCCC1=CCCCC1. The minimum atomic E-state index is -0.832. The second-order valence-corrected chi connectivity index (χ2v) is 6.50. The van der Waals surface area contributed by atoms with Gasteiger partial charge in [-0.15, -0.1) is 0 Å². The number of carbonyl (C=O) groups excluding carboxylic acids is 2. The molecule has 0 aliphatic heterocycles. The Morgan fingerprint density at radius 2 is 2.22 bits per heavy atom. The number of aromatic nitrogens is 1. The van der Waals surface area contributed by atoms with Crippen LogP contribution in [0.15, 0.2) is 34.6 Å². The largest absolute Gasteiger partial charge is 0.449 e. The minimum absolute atomic E-state index is 0.280. The summed E-state index contributed by atoms with van der Waals surface area (Å²) in [6, 6.07) is 1.61. The van der Waals surface area contributed by atoms with E-state index < -0.39 is 12.1 Å².